The van der Waals surface area contributed by atoms with Gasteiger partial charge in [-0.25, -0.2) is 0 Å². The Balaban J connectivity index is 2.05. The van der Waals surface area contributed by atoms with E-state index in [0.29, 0.717) is 32.7 Å². The zero-order chi connectivity index (χ0) is 20.4. The van der Waals surface area contributed by atoms with Gasteiger partial charge in [-0.2, -0.15) is 0 Å². The number of ether oxygens (including phenoxy) is 1. The number of hydrogen-bond acceptors (Lipinski definition) is 4. The van der Waals surface area contributed by atoms with E-state index in [4.69, 9.17) is 4.74 Å². The van der Waals surface area contributed by atoms with Gasteiger partial charge in [0.05, 0.1) is 19.6 Å². The van der Waals surface area contributed by atoms with Gasteiger partial charge in [-0.05, 0) is 6.07 Å². The molecule has 1 saturated heterocycles. The number of nitrogens with zero attached hydrogens (tertiary/aromatic N) is 2. The standard InChI is InChI=1S/C22H29N3O3/c1-4-13-25(14-5-2)21(26)17-19-22(27)23-12-16-24(19)15-8-10-18-9-6-7-11-20(18)28-3/h4-11,19H,1-2,12-17H2,3H3,(H,23,27)/b10-8+/t19-/m0/s1. The Morgan fingerprint density at radius 3 is 2.71 bits per heavy atom. The monoisotopic (exact) mass is 383 g/mol. The van der Waals surface area contributed by atoms with E-state index in [0.717, 1.165) is 11.3 Å². The minimum atomic E-state index is -0.485. The number of rotatable bonds is 10. The minimum absolute atomic E-state index is 0.0828. The van der Waals surface area contributed by atoms with E-state index < -0.39 is 6.04 Å². The predicted molar refractivity (Wildman–Crippen MR) is 112 cm³/mol. The van der Waals surface area contributed by atoms with Crippen molar-refractivity contribution in [2.24, 2.45) is 0 Å². The Labute approximate surface area is 167 Å². The molecule has 1 aromatic rings. The second-order valence-electron chi connectivity index (χ2n) is 6.53. The van der Waals surface area contributed by atoms with Crippen molar-refractivity contribution in [1.82, 2.24) is 15.1 Å². The summed E-state index contributed by atoms with van der Waals surface area (Å²) in [5.74, 6) is 0.606. The molecule has 0 radical (unpaired) electrons. The normalized spacial score (nSPS) is 17.2. The van der Waals surface area contributed by atoms with Gasteiger partial charge >= 0.3 is 0 Å². The van der Waals surface area contributed by atoms with Crippen LogP contribution in [0.5, 0.6) is 5.75 Å². The summed E-state index contributed by atoms with van der Waals surface area (Å²) in [5, 5.41) is 2.86. The first-order chi connectivity index (χ1) is 13.6. The zero-order valence-corrected chi connectivity index (χ0v) is 16.5. The first-order valence-electron chi connectivity index (χ1n) is 9.41. The van der Waals surface area contributed by atoms with Crippen molar-refractivity contribution in [1.29, 1.82) is 0 Å². The molecule has 0 aliphatic carbocycles. The summed E-state index contributed by atoms with van der Waals surface area (Å²) in [7, 11) is 1.64. The third-order valence-corrected chi connectivity index (χ3v) is 4.64. The molecule has 2 amide bonds. The first kappa shape index (κ1) is 21.4. The van der Waals surface area contributed by atoms with Gasteiger partial charge in [0.1, 0.15) is 5.75 Å². The molecular weight excluding hydrogens is 354 g/mol. The Bertz CT molecular complexity index is 719. The van der Waals surface area contributed by atoms with E-state index in [1.807, 2.05) is 41.3 Å². The number of piperazine rings is 1. The number of carbonyl (C=O) groups excluding carboxylic acids is 2. The molecule has 1 aliphatic heterocycles. The van der Waals surface area contributed by atoms with Crippen molar-refractivity contribution in [2.45, 2.75) is 12.5 Å². The van der Waals surface area contributed by atoms with E-state index in [-0.39, 0.29) is 18.2 Å². The molecule has 28 heavy (non-hydrogen) atoms. The second kappa shape index (κ2) is 11.1. The highest BCUT2D eigenvalue weighted by Crippen LogP contribution is 2.19. The van der Waals surface area contributed by atoms with Gasteiger partial charge in [-0.15, -0.1) is 13.2 Å². The lowest BCUT2D eigenvalue weighted by atomic mass is 10.1. The summed E-state index contributed by atoms with van der Waals surface area (Å²) in [5.41, 5.74) is 0.974. The van der Waals surface area contributed by atoms with Crippen molar-refractivity contribution in [3.8, 4) is 5.75 Å². The molecule has 1 aromatic carbocycles. The Morgan fingerprint density at radius 2 is 2.04 bits per heavy atom. The minimum Gasteiger partial charge on any atom is -0.496 e. The first-order valence-corrected chi connectivity index (χ1v) is 9.41. The largest absolute Gasteiger partial charge is 0.496 e. The molecule has 150 valence electrons. The molecule has 0 bridgehead atoms. The molecular formula is C22H29N3O3. The molecule has 0 spiro atoms. The average molecular weight is 383 g/mol. The summed E-state index contributed by atoms with van der Waals surface area (Å²) in [4.78, 5) is 28.7. The SMILES string of the molecule is C=CCN(CC=C)C(=O)C[C@H]1C(=O)NCCN1C/C=C/c1ccccc1OC. The maximum atomic E-state index is 12.7. The van der Waals surface area contributed by atoms with Crippen LogP contribution >= 0.6 is 0 Å². The third kappa shape index (κ3) is 5.82. The van der Waals surface area contributed by atoms with Gasteiger partial charge in [-0.3, -0.25) is 14.5 Å². The molecule has 6 heteroatoms. The van der Waals surface area contributed by atoms with Crippen LogP contribution in [0.3, 0.4) is 0 Å². The Morgan fingerprint density at radius 1 is 1.32 bits per heavy atom. The molecule has 1 N–H and O–H groups in total. The lowest BCUT2D eigenvalue weighted by Gasteiger charge is -2.35. The van der Waals surface area contributed by atoms with Gasteiger partial charge < -0.3 is 15.0 Å². The molecule has 0 aromatic heterocycles. The van der Waals surface area contributed by atoms with E-state index in [1.165, 1.54) is 0 Å². The summed E-state index contributed by atoms with van der Waals surface area (Å²) in [6, 6.07) is 7.27. The molecule has 0 saturated carbocycles. The lowest BCUT2D eigenvalue weighted by molar-refractivity contribution is -0.138. The number of carbonyl (C=O) groups is 2. The molecule has 1 atom stereocenters. The highest BCUT2D eigenvalue weighted by molar-refractivity contribution is 5.89. The summed E-state index contributed by atoms with van der Waals surface area (Å²) >= 11 is 0. The van der Waals surface area contributed by atoms with Gasteiger partial charge in [-0.1, -0.05) is 42.5 Å². The highest BCUT2D eigenvalue weighted by atomic mass is 16.5. The van der Waals surface area contributed by atoms with Gasteiger partial charge in [0.15, 0.2) is 0 Å². The smallest absolute Gasteiger partial charge is 0.237 e. The number of nitrogens with one attached hydrogen (secondary N) is 1. The number of hydrogen-bond donors (Lipinski definition) is 1. The van der Waals surface area contributed by atoms with Gasteiger partial charge in [0.25, 0.3) is 0 Å². The van der Waals surface area contributed by atoms with Crippen molar-refractivity contribution >= 4 is 17.9 Å². The third-order valence-electron chi connectivity index (χ3n) is 4.64. The Kier molecular flexibility index (Phi) is 8.49. The van der Waals surface area contributed by atoms with Crippen molar-refractivity contribution < 1.29 is 14.3 Å². The fourth-order valence-corrected chi connectivity index (χ4v) is 3.21. The maximum absolute atomic E-state index is 12.7. The van der Waals surface area contributed by atoms with Crippen molar-refractivity contribution in [3.05, 3.63) is 61.2 Å². The van der Waals surface area contributed by atoms with E-state index in [9.17, 15) is 9.59 Å². The van der Waals surface area contributed by atoms with E-state index in [2.05, 4.69) is 18.5 Å². The average Bonchev–Trinajstić information content (AvgIpc) is 2.70. The summed E-state index contributed by atoms with van der Waals surface area (Å²) < 4.78 is 5.36. The topological polar surface area (TPSA) is 61.9 Å². The number of amides is 2. The number of para-hydroxylation sites is 1. The van der Waals surface area contributed by atoms with Crippen LogP contribution in [0.4, 0.5) is 0 Å². The molecule has 1 heterocycles. The molecule has 1 fully saturated rings. The van der Waals surface area contributed by atoms with Crippen LogP contribution in [0.1, 0.15) is 12.0 Å². The fourth-order valence-electron chi connectivity index (χ4n) is 3.21. The van der Waals surface area contributed by atoms with Crippen LogP contribution in [0, 0.1) is 0 Å². The van der Waals surface area contributed by atoms with Crippen molar-refractivity contribution in [3.63, 3.8) is 0 Å². The van der Waals surface area contributed by atoms with Crippen LogP contribution in [0.25, 0.3) is 6.08 Å². The maximum Gasteiger partial charge on any atom is 0.237 e. The zero-order valence-electron chi connectivity index (χ0n) is 16.5. The molecule has 6 nitrogen and oxygen atoms in total. The van der Waals surface area contributed by atoms with Crippen LogP contribution < -0.4 is 10.1 Å². The highest BCUT2D eigenvalue weighted by Gasteiger charge is 2.32. The Hall–Kier alpha value is -2.86. The van der Waals surface area contributed by atoms with E-state index in [1.54, 1.807) is 24.2 Å². The van der Waals surface area contributed by atoms with Gasteiger partial charge in [0.2, 0.25) is 11.8 Å². The molecule has 1 aliphatic rings. The van der Waals surface area contributed by atoms with Crippen LogP contribution in [0.2, 0.25) is 0 Å². The number of methoxy groups -OCH3 is 1. The predicted octanol–water partition coefficient (Wildman–Crippen LogP) is 2.10. The lowest BCUT2D eigenvalue weighted by Crippen LogP contribution is -2.56. The fraction of sp³-hybridized carbons (Fsp3) is 0.364. The summed E-state index contributed by atoms with van der Waals surface area (Å²) in [6.45, 7) is 10.1. The van der Waals surface area contributed by atoms with Crippen LogP contribution in [0.15, 0.2) is 55.7 Å². The molecule has 0 unspecified atom stereocenters. The van der Waals surface area contributed by atoms with Crippen LogP contribution in [-0.4, -0.2) is 67.5 Å². The molecule has 2 rings (SSSR count). The van der Waals surface area contributed by atoms with Crippen molar-refractivity contribution in [2.75, 3.05) is 39.8 Å². The van der Waals surface area contributed by atoms with Gasteiger partial charge in [0, 0.05) is 38.3 Å². The summed E-state index contributed by atoms with van der Waals surface area (Å²) in [6.07, 6.45) is 7.47. The number of benzene rings is 1. The van der Waals surface area contributed by atoms with E-state index >= 15 is 0 Å². The second-order valence-corrected chi connectivity index (χ2v) is 6.53. The van der Waals surface area contributed by atoms with Crippen LogP contribution in [-0.2, 0) is 9.59 Å². The quantitative estimate of drug-likeness (QED) is 0.629.